The Morgan fingerprint density at radius 3 is 2.85 bits per heavy atom. The first-order valence-electron chi connectivity index (χ1n) is 3.72. The third-order valence-corrected chi connectivity index (χ3v) is 2.95. The van der Waals surface area contributed by atoms with Crippen LogP contribution in [-0.2, 0) is 5.60 Å². The van der Waals surface area contributed by atoms with Crippen LogP contribution in [0.5, 0.6) is 0 Å². The minimum absolute atomic E-state index is 0.00773. The van der Waals surface area contributed by atoms with Crippen molar-refractivity contribution in [1.29, 1.82) is 0 Å². The second-order valence-electron chi connectivity index (χ2n) is 2.95. The van der Waals surface area contributed by atoms with Crippen LogP contribution in [0.15, 0.2) is 11.4 Å². The monoisotopic (exact) mass is 201 g/mol. The van der Waals surface area contributed by atoms with Gasteiger partial charge in [-0.3, -0.25) is 0 Å². The number of hydrogen-bond donors (Lipinski definition) is 3. The summed E-state index contributed by atoms with van der Waals surface area (Å²) >= 11 is 1.20. The van der Waals surface area contributed by atoms with E-state index >= 15 is 0 Å². The number of carboxylic acids is 1. The summed E-state index contributed by atoms with van der Waals surface area (Å²) in [7, 11) is 0. The Bertz CT molecular complexity index is 319. The molecule has 5 heteroatoms. The van der Waals surface area contributed by atoms with Gasteiger partial charge in [0.25, 0.3) is 0 Å². The molecule has 4 nitrogen and oxygen atoms in total. The van der Waals surface area contributed by atoms with Gasteiger partial charge in [-0.2, -0.15) is 0 Å². The van der Waals surface area contributed by atoms with E-state index in [-0.39, 0.29) is 12.1 Å². The van der Waals surface area contributed by atoms with Gasteiger partial charge < -0.3 is 15.9 Å². The van der Waals surface area contributed by atoms with Crippen LogP contribution in [0.25, 0.3) is 0 Å². The van der Waals surface area contributed by atoms with E-state index in [2.05, 4.69) is 0 Å². The molecule has 1 atom stereocenters. The predicted octanol–water partition coefficient (Wildman–Crippen LogP) is 0.613. The average molecular weight is 201 g/mol. The van der Waals surface area contributed by atoms with Crippen molar-refractivity contribution in [3.8, 4) is 0 Å². The number of hydrogen-bond acceptors (Lipinski definition) is 4. The van der Waals surface area contributed by atoms with Gasteiger partial charge in [-0.15, -0.1) is 11.3 Å². The third kappa shape index (κ3) is 1.88. The van der Waals surface area contributed by atoms with Crippen molar-refractivity contribution in [2.24, 2.45) is 5.73 Å². The minimum atomic E-state index is -1.25. The van der Waals surface area contributed by atoms with Crippen molar-refractivity contribution >= 4 is 17.3 Å². The van der Waals surface area contributed by atoms with Gasteiger partial charge in [-0.05, 0) is 18.4 Å². The smallest absolute Gasteiger partial charge is 0.336 e. The highest BCUT2D eigenvalue weighted by atomic mass is 32.1. The Balaban J connectivity index is 3.14. The van der Waals surface area contributed by atoms with Gasteiger partial charge in [0.15, 0.2) is 0 Å². The van der Waals surface area contributed by atoms with Gasteiger partial charge in [0.2, 0.25) is 0 Å². The zero-order valence-electron chi connectivity index (χ0n) is 7.15. The van der Waals surface area contributed by atoms with Gasteiger partial charge in [0.1, 0.15) is 5.60 Å². The lowest BCUT2D eigenvalue weighted by Gasteiger charge is -2.20. The van der Waals surface area contributed by atoms with Gasteiger partial charge in [-0.25, -0.2) is 4.79 Å². The molecule has 0 fully saturated rings. The van der Waals surface area contributed by atoms with E-state index in [0.29, 0.717) is 4.88 Å². The molecular formula is C8H11NO3S. The molecule has 0 saturated heterocycles. The summed E-state index contributed by atoms with van der Waals surface area (Å²) in [6.07, 6.45) is 0. The van der Waals surface area contributed by atoms with Gasteiger partial charge >= 0.3 is 5.97 Å². The molecule has 0 saturated carbocycles. The topological polar surface area (TPSA) is 83.5 Å². The van der Waals surface area contributed by atoms with Gasteiger partial charge in [0.05, 0.1) is 10.4 Å². The summed E-state index contributed by atoms with van der Waals surface area (Å²) < 4.78 is 0. The number of thiophene rings is 1. The normalized spacial score (nSPS) is 15.3. The number of aromatic carboxylic acids is 1. The SMILES string of the molecule is CC(O)(CN)c1sccc1C(=O)O. The number of carbonyl (C=O) groups is 1. The fourth-order valence-electron chi connectivity index (χ4n) is 0.987. The zero-order valence-corrected chi connectivity index (χ0v) is 7.97. The fraction of sp³-hybridized carbons (Fsp3) is 0.375. The Kier molecular flexibility index (Phi) is 2.70. The molecule has 0 aliphatic heterocycles. The predicted molar refractivity (Wildman–Crippen MR) is 49.9 cm³/mol. The molecule has 4 N–H and O–H groups in total. The molecule has 1 rings (SSSR count). The molecule has 13 heavy (non-hydrogen) atoms. The van der Waals surface area contributed by atoms with Crippen LogP contribution in [0.3, 0.4) is 0 Å². The van der Waals surface area contributed by atoms with Crippen molar-refractivity contribution in [2.45, 2.75) is 12.5 Å². The maximum atomic E-state index is 10.7. The van der Waals surface area contributed by atoms with Crippen molar-refractivity contribution in [3.05, 3.63) is 21.9 Å². The summed E-state index contributed by atoms with van der Waals surface area (Å²) in [5, 5.41) is 20.1. The number of nitrogens with two attached hydrogens (primary N) is 1. The molecule has 1 aromatic rings. The first-order valence-corrected chi connectivity index (χ1v) is 4.60. The molecule has 1 aromatic heterocycles. The van der Waals surface area contributed by atoms with E-state index in [9.17, 15) is 9.90 Å². The largest absolute Gasteiger partial charge is 0.478 e. The summed E-state index contributed by atoms with van der Waals surface area (Å²) in [5.41, 5.74) is 4.21. The van der Waals surface area contributed by atoms with Crippen LogP contribution in [-0.4, -0.2) is 22.7 Å². The second kappa shape index (κ2) is 3.45. The standard InChI is InChI=1S/C8H11NO3S/c1-8(12,4-9)6-5(7(10)11)2-3-13-6/h2-3,12H,4,9H2,1H3,(H,10,11). The van der Waals surface area contributed by atoms with Crippen molar-refractivity contribution in [3.63, 3.8) is 0 Å². The maximum absolute atomic E-state index is 10.7. The minimum Gasteiger partial charge on any atom is -0.478 e. The van der Waals surface area contributed by atoms with Gasteiger partial charge in [0, 0.05) is 6.54 Å². The molecule has 1 unspecified atom stereocenters. The first-order chi connectivity index (χ1) is 5.99. The zero-order chi connectivity index (χ0) is 10.1. The van der Waals surface area contributed by atoms with Crippen LogP contribution < -0.4 is 5.73 Å². The lowest BCUT2D eigenvalue weighted by molar-refractivity contribution is 0.0606. The molecule has 0 aromatic carbocycles. The average Bonchev–Trinajstić information content (AvgIpc) is 2.52. The van der Waals surface area contributed by atoms with Crippen molar-refractivity contribution < 1.29 is 15.0 Å². The third-order valence-electron chi connectivity index (χ3n) is 1.78. The molecule has 0 aliphatic rings. The van der Waals surface area contributed by atoms with E-state index < -0.39 is 11.6 Å². The molecule has 0 spiro atoms. The lowest BCUT2D eigenvalue weighted by Crippen LogP contribution is -2.31. The highest BCUT2D eigenvalue weighted by Crippen LogP contribution is 2.28. The van der Waals surface area contributed by atoms with Crippen LogP contribution in [0.1, 0.15) is 22.2 Å². The van der Waals surface area contributed by atoms with Crippen molar-refractivity contribution in [1.82, 2.24) is 0 Å². The van der Waals surface area contributed by atoms with Crippen LogP contribution >= 0.6 is 11.3 Å². The Morgan fingerprint density at radius 2 is 2.38 bits per heavy atom. The summed E-state index contributed by atoms with van der Waals surface area (Å²) in [4.78, 5) is 11.1. The molecule has 0 amide bonds. The number of carboxylic acid groups (broad SMARTS) is 1. The second-order valence-corrected chi connectivity index (χ2v) is 3.86. The quantitative estimate of drug-likeness (QED) is 0.669. The van der Waals surface area contributed by atoms with E-state index in [0.717, 1.165) is 0 Å². The molecule has 0 radical (unpaired) electrons. The molecule has 72 valence electrons. The Labute approximate surface area is 79.6 Å². The number of aliphatic hydroxyl groups is 1. The Hall–Kier alpha value is -0.910. The maximum Gasteiger partial charge on any atom is 0.336 e. The highest BCUT2D eigenvalue weighted by molar-refractivity contribution is 7.10. The Morgan fingerprint density at radius 1 is 1.77 bits per heavy atom. The van der Waals surface area contributed by atoms with Crippen LogP contribution in [0.2, 0.25) is 0 Å². The first kappa shape index (κ1) is 10.2. The van der Waals surface area contributed by atoms with Crippen LogP contribution in [0.4, 0.5) is 0 Å². The fourth-order valence-corrected chi connectivity index (χ4v) is 1.95. The number of rotatable bonds is 3. The lowest BCUT2D eigenvalue weighted by atomic mass is 10.0. The highest BCUT2D eigenvalue weighted by Gasteiger charge is 2.28. The summed E-state index contributed by atoms with van der Waals surface area (Å²) in [5.74, 6) is -1.04. The van der Waals surface area contributed by atoms with Crippen LogP contribution in [0, 0.1) is 0 Å². The van der Waals surface area contributed by atoms with E-state index in [1.54, 1.807) is 5.38 Å². The summed E-state index contributed by atoms with van der Waals surface area (Å²) in [6, 6.07) is 1.46. The summed E-state index contributed by atoms with van der Waals surface area (Å²) in [6.45, 7) is 1.51. The van der Waals surface area contributed by atoms with E-state index in [1.807, 2.05) is 0 Å². The molecule has 0 aliphatic carbocycles. The molecule has 0 bridgehead atoms. The van der Waals surface area contributed by atoms with E-state index in [4.69, 9.17) is 10.8 Å². The van der Waals surface area contributed by atoms with Gasteiger partial charge in [-0.1, -0.05) is 0 Å². The van der Waals surface area contributed by atoms with Crippen molar-refractivity contribution in [2.75, 3.05) is 6.54 Å². The molecular weight excluding hydrogens is 190 g/mol. The van der Waals surface area contributed by atoms with E-state index in [1.165, 1.54) is 24.3 Å². The molecule has 1 heterocycles.